The monoisotopic (exact) mass is 329 g/mol. The van der Waals surface area contributed by atoms with Gasteiger partial charge in [0.1, 0.15) is 0 Å². The molecule has 1 amide bonds. The van der Waals surface area contributed by atoms with Gasteiger partial charge in [-0.3, -0.25) is 9.69 Å². The topological polar surface area (TPSA) is 58.4 Å². The lowest BCUT2D eigenvalue weighted by molar-refractivity contribution is -0.129. The Balaban J connectivity index is 1.43. The Morgan fingerprint density at radius 1 is 1.33 bits per heavy atom. The van der Waals surface area contributed by atoms with Crippen LogP contribution in [0.3, 0.4) is 0 Å². The third-order valence-corrected chi connectivity index (χ3v) is 5.67. The summed E-state index contributed by atoms with van der Waals surface area (Å²) < 4.78 is 0. The fraction of sp³-hybridized carbons (Fsp3) is 0.650. The van der Waals surface area contributed by atoms with Gasteiger partial charge < -0.3 is 11.1 Å². The molecule has 2 aliphatic rings. The Bertz CT molecular complexity index is 563. The van der Waals surface area contributed by atoms with Crippen molar-refractivity contribution in [3.63, 3.8) is 0 Å². The van der Waals surface area contributed by atoms with Crippen LogP contribution >= 0.6 is 0 Å². The maximum Gasteiger partial charge on any atom is 0.240 e. The summed E-state index contributed by atoms with van der Waals surface area (Å²) in [4.78, 5) is 14.6. The van der Waals surface area contributed by atoms with Gasteiger partial charge in [0, 0.05) is 19.6 Å². The van der Waals surface area contributed by atoms with Gasteiger partial charge in [0.05, 0.1) is 5.54 Å². The van der Waals surface area contributed by atoms with Crippen molar-refractivity contribution in [2.75, 3.05) is 19.6 Å². The molecule has 1 aliphatic heterocycles. The fourth-order valence-corrected chi connectivity index (χ4v) is 3.69. The van der Waals surface area contributed by atoms with Crippen molar-refractivity contribution in [1.82, 2.24) is 10.2 Å². The average molecular weight is 329 g/mol. The highest BCUT2D eigenvalue weighted by Crippen LogP contribution is 2.29. The Kier molecular flexibility index (Phi) is 5.26. The molecule has 24 heavy (non-hydrogen) atoms. The second-order valence-electron chi connectivity index (χ2n) is 8.01. The zero-order chi connectivity index (χ0) is 17.2. The summed E-state index contributed by atoms with van der Waals surface area (Å²) in [5.74, 6) is 1.18. The predicted molar refractivity (Wildman–Crippen MR) is 97.7 cm³/mol. The number of likely N-dealkylation sites (tertiary alicyclic amines) is 1. The number of nitrogens with zero attached hydrogens (tertiary/aromatic N) is 1. The number of carbonyl (C=O) groups excluding carboxylic acids is 1. The molecule has 4 heteroatoms. The van der Waals surface area contributed by atoms with Crippen molar-refractivity contribution in [1.29, 1.82) is 0 Å². The smallest absolute Gasteiger partial charge is 0.240 e. The second kappa shape index (κ2) is 7.24. The maximum absolute atomic E-state index is 12.1. The van der Waals surface area contributed by atoms with E-state index in [1.165, 1.54) is 11.1 Å². The molecule has 4 nitrogen and oxygen atoms in total. The van der Waals surface area contributed by atoms with Crippen molar-refractivity contribution in [2.45, 2.75) is 57.5 Å². The van der Waals surface area contributed by atoms with Crippen LogP contribution < -0.4 is 11.1 Å². The van der Waals surface area contributed by atoms with E-state index < -0.39 is 5.54 Å². The lowest BCUT2D eigenvalue weighted by Gasteiger charge is -2.36. The minimum Gasteiger partial charge on any atom is -0.354 e. The van der Waals surface area contributed by atoms with Gasteiger partial charge in [-0.2, -0.15) is 0 Å². The summed E-state index contributed by atoms with van der Waals surface area (Å²) in [5, 5.41) is 3.08. The van der Waals surface area contributed by atoms with Crippen LogP contribution in [0.25, 0.3) is 0 Å². The summed E-state index contributed by atoms with van der Waals surface area (Å²) in [5.41, 5.74) is 8.27. The first-order valence-electron chi connectivity index (χ1n) is 9.35. The quantitative estimate of drug-likeness (QED) is 0.843. The molecule has 0 bridgehead atoms. The Morgan fingerprint density at radius 2 is 2.04 bits per heavy atom. The number of hydrogen-bond donors (Lipinski definition) is 2. The van der Waals surface area contributed by atoms with Gasteiger partial charge in [-0.15, -0.1) is 0 Å². The summed E-state index contributed by atoms with van der Waals surface area (Å²) in [7, 11) is 0. The molecule has 1 heterocycles. The van der Waals surface area contributed by atoms with Gasteiger partial charge in [-0.1, -0.05) is 38.1 Å². The molecule has 0 radical (unpaired) electrons. The van der Waals surface area contributed by atoms with Gasteiger partial charge in [-0.05, 0) is 55.2 Å². The standard InChI is InChI=1S/C20H31N3O/c1-15(2)18-6-4-16(5-7-18)13-23-11-8-17(14-23)12-22-19(24)20(21)9-3-10-20/h4-7,15,17H,3,8-14,21H2,1-2H3,(H,22,24). The van der Waals surface area contributed by atoms with E-state index in [1.54, 1.807) is 0 Å². The van der Waals surface area contributed by atoms with Crippen LogP contribution in [0.1, 0.15) is 56.6 Å². The molecule has 0 spiro atoms. The maximum atomic E-state index is 12.1. The van der Waals surface area contributed by atoms with E-state index in [-0.39, 0.29) is 5.91 Å². The van der Waals surface area contributed by atoms with E-state index in [0.717, 1.165) is 51.9 Å². The van der Waals surface area contributed by atoms with E-state index in [9.17, 15) is 4.79 Å². The molecular weight excluding hydrogens is 298 g/mol. The normalized spacial score (nSPS) is 23.2. The van der Waals surface area contributed by atoms with Gasteiger partial charge in [0.25, 0.3) is 0 Å². The van der Waals surface area contributed by atoms with Gasteiger partial charge in [-0.25, -0.2) is 0 Å². The average Bonchev–Trinajstić information content (AvgIpc) is 2.98. The molecule has 1 aromatic rings. The fourth-order valence-electron chi connectivity index (χ4n) is 3.69. The number of hydrogen-bond acceptors (Lipinski definition) is 3. The Morgan fingerprint density at radius 3 is 2.62 bits per heavy atom. The lowest BCUT2D eigenvalue weighted by atomic mass is 9.77. The zero-order valence-electron chi connectivity index (χ0n) is 15.1. The van der Waals surface area contributed by atoms with E-state index >= 15 is 0 Å². The first-order valence-corrected chi connectivity index (χ1v) is 9.35. The summed E-state index contributed by atoms with van der Waals surface area (Å²) in [6.07, 6.45) is 3.91. The van der Waals surface area contributed by atoms with Crippen molar-refractivity contribution in [3.05, 3.63) is 35.4 Å². The van der Waals surface area contributed by atoms with Crippen LogP contribution in [0, 0.1) is 5.92 Å². The Hall–Kier alpha value is -1.39. The summed E-state index contributed by atoms with van der Waals surface area (Å²) in [6, 6.07) is 8.98. The van der Waals surface area contributed by atoms with E-state index in [2.05, 4.69) is 48.3 Å². The van der Waals surface area contributed by atoms with Crippen molar-refractivity contribution in [3.8, 4) is 0 Å². The number of rotatable bonds is 6. The number of amides is 1. The molecule has 0 aromatic heterocycles. The molecule has 1 unspecified atom stereocenters. The largest absolute Gasteiger partial charge is 0.354 e. The van der Waals surface area contributed by atoms with Crippen molar-refractivity contribution < 1.29 is 4.79 Å². The van der Waals surface area contributed by atoms with E-state index in [4.69, 9.17) is 5.73 Å². The first-order chi connectivity index (χ1) is 11.5. The molecule has 2 fully saturated rings. The van der Waals surface area contributed by atoms with Crippen LogP contribution in [0.2, 0.25) is 0 Å². The predicted octanol–water partition coefficient (Wildman–Crippen LogP) is 2.63. The van der Waals surface area contributed by atoms with Gasteiger partial charge in [0.15, 0.2) is 0 Å². The molecule has 3 N–H and O–H groups in total. The van der Waals surface area contributed by atoms with Crippen LogP contribution in [0.4, 0.5) is 0 Å². The molecule has 1 aromatic carbocycles. The van der Waals surface area contributed by atoms with Crippen LogP contribution in [-0.4, -0.2) is 36.0 Å². The molecule has 1 saturated heterocycles. The molecular formula is C20H31N3O. The third kappa shape index (κ3) is 3.98. The molecule has 1 aliphatic carbocycles. The lowest BCUT2D eigenvalue weighted by Crippen LogP contribution is -2.59. The highest BCUT2D eigenvalue weighted by Gasteiger charge is 2.40. The molecule has 1 atom stereocenters. The number of nitrogens with one attached hydrogen (secondary N) is 1. The third-order valence-electron chi connectivity index (χ3n) is 5.67. The minimum absolute atomic E-state index is 0.0523. The number of nitrogens with two attached hydrogens (primary N) is 1. The van der Waals surface area contributed by atoms with Crippen LogP contribution in [-0.2, 0) is 11.3 Å². The SMILES string of the molecule is CC(C)c1ccc(CN2CCC(CNC(=O)C3(N)CCC3)C2)cc1. The van der Waals surface area contributed by atoms with Gasteiger partial charge >= 0.3 is 0 Å². The van der Waals surface area contributed by atoms with Crippen molar-refractivity contribution >= 4 is 5.91 Å². The zero-order valence-corrected chi connectivity index (χ0v) is 15.1. The van der Waals surface area contributed by atoms with Crippen LogP contribution in [0.15, 0.2) is 24.3 Å². The van der Waals surface area contributed by atoms with Crippen LogP contribution in [0.5, 0.6) is 0 Å². The highest BCUT2D eigenvalue weighted by molar-refractivity contribution is 5.86. The summed E-state index contributed by atoms with van der Waals surface area (Å²) in [6.45, 7) is 8.39. The molecule has 132 valence electrons. The van der Waals surface area contributed by atoms with E-state index in [0.29, 0.717) is 11.8 Å². The molecule has 1 saturated carbocycles. The van der Waals surface area contributed by atoms with Crippen molar-refractivity contribution in [2.24, 2.45) is 11.7 Å². The summed E-state index contributed by atoms with van der Waals surface area (Å²) >= 11 is 0. The second-order valence-corrected chi connectivity index (χ2v) is 8.01. The highest BCUT2D eigenvalue weighted by atomic mass is 16.2. The number of carbonyl (C=O) groups is 1. The van der Waals surface area contributed by atoms with Gasteiger partial charge in [0.2, 0.25) is 5.91 Å². The first kappa shape index (κ1) is 17.4. The minimum atomic E-state index is -0.573. The van der Waals surface area contributed by atoms with E-state index in [1.807, 2.05) is 0 Å². The Labute approximate surface area is 145 Å². The number of benzene rings is 1. The molecule has 3 rings (SSSR count).